The standard InChI is InChI=1S/C27H38N2O5/c1-10-33-25(30)19(5)24(28-21-13-17(3)18(4)23(15-21)32-9)20-12-11-16(2)22(14-20)29-26(31)34-27(6,7)8/h11-15,19,24,28H,10H2,1-9H3,(H,29,31)/t19-,24+/m0/s1. The molecule has 2 atom stereocenters. The van der Waals surface area contributed by atoms with Crippen molar-refractivity contribution >= 4 is 23.4 Å². The van der Waals surface area contributed by atoms with Gasteiger partial charge in [0.05, 0.1) is 25.7 Å². The molecular weight excluding hydrogens is 432 g/mol. The van der Waals surface area contributed by atoms with Gasteiger partial charge in [-0.25, -0.2) is 4.79 Å². The van der Waals surface area contributed by atoms with E-state index in [1.54, 1.807) is 14.0 Å². The highest BCUT2D eigenvalue weighted by Gasteiger charge is 2.28. The highest BCUT2D eigenvalue weighted by Crippen LogP contribution is 2.33. The zero-order valence-corrected chi connectivity index (χ0v) is 21.8. The average Bonchev–Trinajstić information content (AvgIpc) is 2.74. The van der Waals surface area contributed by atoms with E-state index in [1.165, 1.54) is 0 Å². The third-order valence-corrected chi connectivity index (χ3v) is 5.58. The Labute approximate surface area is 203 Å². The van der Waals surface area contributed by atoms with Gasteiger partial charge in [-0.1, -0.05) is 12.1 Å². The lowest BCUT2D eigenvalue weighted by molar-refractivity contribution is -0.147. The van der Waals surface area contributed by atoms with Crippen LogP contribution in [0, 0.1) is 26.7 Å². The van der Waals surface area contributed by atoms with E-state index in [4.69, 9.17) is 14.2 Å². The first-order valence-electron chi connectivity index (χ1n) is 11.5. The van der Waals surface area contributed by atoms with Gasteiger partial charge in [-0.2, -0.15) is 0 Å². The Bertz CT molecular complexity index is 1030. The molecule has 2 N–H and O–H groups in total. The highest BCUT2D eigenvalue weighted by atomic mass is 16.6. The van der Waals surface area contributed by atoms with Crippen molar-refractivity contribution in [1.29, 1.82) is 0 Å². The van der Waals surface area contributed by atoms with Gasteiger partial charge in [0, 0.05) is 17.4 Å². The molecule has 2 aromatic carbocycles. The summed E-state index contributed by atoms with van der Waals surface area (Å²) >= 11 is 0. The maximum atomic E-state index is 12.7. The molecule has 2 aromatic rings. The van der Waals surface area contributed by atoms with Crippen molar-refractivity contribution in [3.63, 3.8) is 0 Å². The number of benzene rings is 2. The van der Waals surface area contributed by atoms with E-state index in [2.05, 4.69) is 10.6 Å². The third kappa shape index (κ3) is 7.14. The summed E-state index contributed by atoms with van der Waals surface area (Å²) in [6, 6.07) is 9.26. The second-order valence-corrected chi connectivity index (χ2v) is 9.48. The summed E-state index contributed by atoms with van der Waals surface area (Å²) in [6.45, 7) is 15.3. The zero-order valence-electron chi connectivity index (χ0n) is 21.8. The Balaban J connectivity index is 2.46. The molecule has 0 saturated heterocycles. The lowest BCUT2D eigenvalue weighted by Crippen LogP contribution is -2.28. The van der Waals surface area contributed by atoms with Crippen molar-refractivity contribution in [2.45, 2.75) is 67.0 Å². The minimum Gasteiger partial charge on any atom is -0.496 e. The van der Waals surface area contributed by atoms with E-state index < -0.39 is 23.7 Å². The van der Waals surface area contributed by atoms with Crippen molar-refractivity contribution in [3.05, 3.63) is 52.6 Å². The van der Waals surface area contributed by atoms with Crippen LogP contribution >= 0.6 is 0 Å². The van der Waals surface area contributed by atoms with Crippen LogP contribution in [-0.2, 0) is 14.3 Å². The number of carbonyl (C=O) groups is 2. The molecule has 34 heavy (non-hydrogen) atoms. The van der Waals surface area contributed by atoms with E-state index in [9.17, 15) is 9.59 Å². The first-order chi connectivity index (χ1) is 15.9. The minimum atomic E-state index is -0.611. The summed E-state index contributed by atoms with van der Waals surface area (Å²) in [5.41, 5.74) is 4.67. The fourth-order valence-corrected chi connectivity index (χ4v) is 3.59. The monoisotopic (exact) mass is 470 g/mol. The van der Waals surface area contributed by atoms with Gasteiger partial charge < -0.3 is 19.5 Å². The molecule has 2 rings (SSSR count). The summed E-state index contributed by atoms with van der Waals surface area (Å²) < 4.78 is 16.2. The summed E-state index contributed by atoms with van der Waals surface area (Å²) in [7, 11) is 1.64. The third-order valence-electron chi connectivity index (χ3n) is 5.58. The number of nitrogens with one attached hydrogen (secondary N) is 2. The van der Waals surface area contributed by atoms with E-state index in [0.717, 1.165) is 33.7 Å². The fraction of sp³-hybridized carbons (Fsp3) is 0.481. The molecule has 0 aromatic heterocycles. The van der Waals surface area contributed by atoms with E-state index in [-0.39, 0.29) is 5.97 Å². The SMILES string of the molecule is CCOC(=O)[C@@H](C)[C@@H](Nc1cc(C)c(C)c(OC)c1)c1ccc(C)c(NC(=O)OC(C)(C)C)c1. The molecule has 0 spiro atoms. The Morgan fingerprint density at radius 2 is 1.71 bits per heavy atom. The normalized spacial score (nSPS) is 13.0. The molecule has 186 valence electrons. The molecule has 0 unspecified atom stereocenters. The van der Waals surface area contributed by atoms with Gasteiger partial charge in [-0.15, -0.1) is 0 Å². The highest BCUT2D eigenvalue weighted by molar-refractivity contribution is 5.86. The van der Waals surface area contributed by atoms with Crippen LogP contribution in [0.1, 0.15) is 62.9 Å². The van der Waals surface area contributed by atoms with Gasteiger partial charge in [0.1, 0.15) is 11.4 Å². The predicted molar refractivity (Wildman–Crippen MR) is 136 cm³/mol. The topological polar surface area (TPSA) is 85.9 Å². The molecule has 7 heteroatoms. The molecule has 0 heterocycles. The van der Waals surface area contributed by atoms with Gasteiger partial charge >= 0.3 is 12.1 Å². The molecule has 7 nitrogen and oxygen atoms in total. The molecule has 0 fully saturated rings. The second kappa shape index (κ2) is 11.3. The first kappa shape index (κ1) is 27.0. The van der Waals surface area contributed by atoms with Crippen LogP contribution in [0.5, 0.6) is 5.75 Å². The molecule has 0 saturated carbocycles. The number of aryl methyl sites for hydroxylation is 2. The summed E-state index contributed by atoms with van der Waals surface area (Å²) in [5, 5.41) is 6.32. The van der Waals surface area contributed by atoms with Crippen molar-refractivity contribution in [3.8, 4) is 5.75 Å². The van der Waals surface area contributed by atoms with Crippen molar-refractivity contribution in [2.75, 3.05) is 24.4 Å². The quantitative estimate of drug-likeness (QED) is 0.439. The molecule has 0 bridgehead atoms. The number of hydrogen-bond acceptors (Lipinski definition) is 6. The summed E-state index contributed by atoms with van der Waals surface area (Å²) in [4.78, 5) is 25.1. The van der Waals surface area contributed by atoms with Gasteiger partial charge in [0.2, 0.25) is 0 Å². The number of ether oxygens (including phenoxy) is 3. The van der Waals surface area contributed by atoms with Crippen molar-refractivity contribution < 1.29 is 23.8 Å². The number of amides is 1. The number of anilines is 2. The molecule has 0 aliphatic heterocycles. The summed E-state index contributed by atoms with van der Waals surface area (Å²) in [5.74, 6) is -0.0381. The fourth-order valence-electron chi connectivity index (χ4n) is 3.59. The van der Waals surface area contributed by atoms with Crippen molar-refractivity contribution in [1.82, 2.24) is 0 Å². The molecule has 0 aliphatic carbocycles. The largest absolute Gasteiger partial charge is 0.496 e. The van der Waals surface area contributed by atoms with Crippen LogP contribution in [0.3, 0.4) is 0 Å². The molecule has 0 radical (unpaired) electrons. The van der Waals surface area contributed by atoms with Crippen LogP contribution in [0.4, 0.5) is 16.2 Å². The minimum absolute atomic E-state index is 0.298. The lowest BCUT2D eigenvalue weighted by Gasteiger charge is -2.27. The Kier molecular flexibility index (Phi) is 8.96. The van der Waals surface area contributed by atoms with Crippen LogP contribution in [0.2, 0.25) is 0 Å². The Morgan fingerprint density at radius 3 is 2.29 bits per heavy atom. The number of rotatable bonds is 8. The number of hydrogen-bond donors (Lipinski definition) is 2. The number of carbonyl (C=O) groups excluding carboxylic acids is 2. The van der Waals surface area contributed by atoms with E-state index in [1.807, 2.05) is 78.8 Å². The van der Waals surface area contributed by atoms with Gasteiger partial charge in [-0.3, -0.25) is 10.1 Å². The average molecular weight is 471 g/mol. The van der Waals surface area contributed by atoms with Crippen molar-refractivity contribution in [2.24, 2.45) is 5.92 Å². The van der Waals surface area contributed by atoms with Crippen LogP contribution in [0.25, 0.3) is 0 Å². The maximum Gasteiger partial charge on any atom is 0.412 e. The van der Waals surface area contributed by atoms with Crippen LogP contribution < -0.4 is 15.4 Å². The zero-order chi connectivity index (χ0) is 25.6. The maximum absolute atomic E-state index is 12.7. The van der Waals surface area contributed by atoms with Gasteiger partial charge in [0.15, 0.2) is 0 Å². The van der Waals surface area contributed by atoms with Crippen LogP contribution in [-0.4, -0.2) is 31.4 Å². The Hall–Kier alpha value is -3.22. The Morgan fingerprint density at radius 1 is 1.03 bits per heavy atom. The molecular formula is C27H38N2O5. The van der Waals surface area contributed by atoms with Gasteiger partial charge in [0.25, 0.3) is 0 Å². The number of esters is 1. The number of methoxy groups -OCH3 is 1. The first-order valence-corrected chi connectivity index (χ1v) is 11.5. The predicted octanol–water partition coefficient (Wildman–Crippen LogP) is 6.32. The second-order valence-electron chi connectivity index (χ2n) is 9.48. The molecule has 1 amide bonds. The van der Waals surface area contributed by atoms with E-state index >= 15 is 0 Å². The van der Waals surface area contributed by atoms with Gasteiger partial charge in [-0.05, 0) is 89.8 Å². The lowest BCUT2D eigenvalue weighted by atomic mass is 9.92. The van der Waals surface area contributed by atoms with Crippen LogP contribution in [0.15, 0.2) is 30.3 Å². The molecule has 0 aliphatic rings. The van der Waals surface area contributed by atoms with E-state index in [0.29, 0.717) is 12.3 Å². The smallest absolute Gasteiger partial charge is 0.412 e. The summed E-state index contributed by atoms with van der Waals surface area (Å²) in [6.07, 6.45) is -0.533.